The molecule has 0 bridgehead atoms. The third kappa shape index (κ3) is 4.07. The molecule has 8 heteroatoms. The van der Waals surface area contributed by atoms with Crippen LogP contribution >= 0.6 is 0 Å². The van der Waals surface area contributed by atoms with Crippen LogP contribution in [0, 0.1) is 0 Å². The fourth-order valence-corrected chi connectivity index (χ4v) is 3.41. The summed E-state index contributed by atoms with van der Waals surface area (Å²) in [5, 5.41) is 3.03. The van der Waals surface area contributed by atoms with Gasteiger partial charge in [-0.25, -0.2) is 0 Å². The van der Waals surface area contributed by atoms with E-state index in [-0.39, 0.29) is 29.2 Å². The molecular weight excluding hydrogens is 332 g/mol. The van der Waals surface area contributed by atoms with Crippen molar-refractivity contribution in [3.63, 3.8) is 0 Å². The van der Waals surface area contributed by atoms with Gasteiger partial charge in [0, 0.05) is 32.2 Å². The Morgan fingerprint density at radius 2 is 2.08 bits per heavy atom. The number of carbonyl (C=O) groups excluding carboxylic acids is 2. The van der Waals surface area contributed by atoms with Gasteiger partial charge < -0.3 is 19.9 Å². The lowest BCUT2D eigenvalue weighted by atomic mass is 10.0. The zero-order valence-electron chi connectivity index (χ0n) is 13.8. The molecule has 2 fully saturated rings. The number of para-hydroxylation sites is 1. The number of amides is 2. The smallest absolute Gasteiger partial charge is 0.387 e. The van der Waals surface area contributed by atoms with Gasteiger partial charge in [-0.2, -0.15) is 8.78 Å². The van der Waals surface area contributed by atoms with Gasteiger partial charge in [-0.3, -0.25) is 9.59 Å². The van der Waals surface area contributed by atoms with E-state index in [9.17, 15) is 18.4 Å². The SMILES string of the molecule is O=C(c1ccccc1OC(F)F)N1CCCC(N2CCNCC2=O)C1. The maximum absolute atomic E-state index is 12.8. The highest BCUT2D eigenvalue weighted by Gasteiger charge is 2.32. The van der Waals surface area contributed by atoms with Crippen LogP contribution in [0.2, 0.25) is 0 Å². The predicted molar refractivity (Wildman–Crippen MR) is 86.6 cm³/mol. The molecule has 1 aromatic carbocycles. The Kier molecular flexibility index (Phi) is 5.47. The molecule has 1 atom stereocenters. The highest BCUT2D eigenvalue weighted by Crippen LogP contribution is 2.25. The lowest BCUT2D eigenvalue weighted by Gasteiger charge is -2.41. The van der Waals surface area contributed by atoms with Gasteiger partial charge in [0.1, 0.15) is 5.75 Å². The number of carbonyl (C=O) groups is 2. The van der Waals surface area contributed by atoms with E-state index in [0.717, 1.165) is 19.4 Å². The fraction of sp³-hybridized carbons (Fsp3) is 0.529. The van der Waals surface area contributed by atoms with Crippen molar-refractivity contribution in [2.24, 2.45) is 0 Å². The summed E-state index contributed by atoms with van der Waals surface area (Å²) in [7, 11) is 0. The van der Waals surface area contributed by atoms with E-state index in [1.807, 2.05) is 4.90 Å². The molecule has 6 nitrogen and oxygen atoms in total. The monoisotopic (exact) mass is 353 g/mol. The van der Waals surface area contributed by atoms with E-state index >= 15 is 0 Å². The topological polar surface area (TPSA) is 61.9 Å². The first-order valence-corrected chi connectivity index (χ1v) is 8.39. The van der Waals surface area contributed by atoms with E-state index in [2.05, 4.69) is 10.1 Å². The van der Waals surface area contributed by atoms with Crippen LogP contribution in [-0.4, -0.2) is 67.0 Å². The van der Waals surface area contributed by atoms with Crippen LogP contribution in [0.1, 0.15) is 23.2 Å². The summed E-state index contributed by atoms with van der Waals surface area (Å²) in [6.45, 7) is -0.360. The number of piperidine rings is 1. The average Bonchev–Trinajstić information content (AvgIpc) is 2.62. The van der Waals surface area contributed by atoms with Crippen molar-refractivity contribution in [2.75, 3.05) is 32.7 Å². The van der Waals surface area contributed by atoms with E-state index in [4.69, 9.17) is 0 Å². The number of likely N-dealkylation sites (tertiary alicyclic amines) is 1. The average molecular weight is 353 g/mol. The van der Waals surface area contributed by atoms with Crippen LogP contribution in [0.4, 0.5) is 8.78 Å². The first kappa shape index (κ1) is 17.6. The number of hydrogen-bond donors (Lipinski definition) is 1. The molecule has 1 aromatic rings. The second kappa shape index (κ2) is 7.77. The number of piperazine rings is 1. The molecule has 136 valence electrons. The maximum Gasteiger partial charge on any atom is 0.387 e. The van der Waals surface area contributed by atoms with Crippen molar-refractivity contribution >= 4 is 11.8 Å². The molecule has 3 rings (SSSR count). The standard InChI is InChI=1S/C17H21F2N3O3/c18-17(19)25-14-6-2-1-5-13(14)16(24)21-8-3-4-12(11-21)22-9-7-20-10-15(22)23/h1-2,5-6,12,17,20H,3-4,7-11H2. The number of rotatable bonds is 4. The molecule has 0 aromatic heterocycles. The van der Waals surface area contributed by atoms with Gasteiger partial charge in [0.15, 0.2) is 0 Å². The summed E-state index contributed by atoms with van der Waals surface area (Å²) >= 11 is 0. The normalized spacial score (nSPS) is 21.6. The number of benzene rings is 1. The number of ether oxygens (including phenoxy) is 1. The minimum absolute atomic E-state index is 0.0320. The van der Waals surface area contributed by atoms with Gasteiger partial charge in [-0.15, -0.1) is 0 Å². The Bertz CT molecular complexity index is 641. The zero-order chi connectivity index (χ0) is 17.8. The number of alkyl halides is 2. The number of hydrogen-bond acceptors (Lipinski definition) is 4. The Morgan fingerprint density at radius 1 is 1.28 bits per heavy atom. The van der Waals surface area contributed by atoms with Crippen LogP contribution in [0.3, 0.4) is 0 Å². The number of halogens is 2. The van der Waals surface area contributed by atoms with Crippen LogP contribution in [0.5, 0.6) is 5.75 Å². The van der Waals surface area contributed by atoms with Crippen molar-refractivity contribution in [3.8, 4) is 5.75 Å². The molecule has 1 unspecified atom stereocenters. The number of nitrogens with one attached hydrogen (secondary N) is 1. The van der Waals surface area contributed by atoms with Gasteiger partial charge in [-0.1, -0.05) is 12.1 Å². The van der Waals surface area contributed by atoms with Gasteiger partial charge in [0.25, 0.3) is 5.91 Å². The molecule has 2 saturated heterocycles. The van der Waals surface area contributed by atoms with Gasteiger partial charge >= 0.3 is 6.61 Å². The summed E-state index contributed by atoms with van der Waals surface area (Å²) in [6, 6.07) is 5.98. The summed E-state index contributed by atoms with van der Waals surface area (Å²) in [6.07, 6.45) is 1.61. The largest absolute Gasteiger partial charge is 0.434 e. The van der Waals surface area contributed by atoms with Gasteiger partial charge in [0.2, 0.25) is 5.91 Å². The molecule has 2 amide bonds. The third-order valence-corrected chi connectivity index (χ3v) is 4.58. The van der Waals surface area contributed by atoms with Crippen molar-refractivity contribution in [3.05, 3.63) is 29.8 Å². The van der Waals surface area contributed by atoms with E-state index in [0.29, 0.717) is 26.2 Å². The Labute approximate surface area is 144 Å². The predicted octanol–water partition coefficient (Wildman–Crippen LogP) is 1.32. The lowest BCUT2D eigenvalue weighted by molar-refractivity contribution is -0.135. The molecule has 2 aliphatic heterocycles. The highest BCUT2D eigenvalue weighted by molar-refractivity contribution is 5.97. The van der Waals surface area contributed by atoms with Gasteiger partial charge in [-0.05, 0) is 25.0 Å². The fourth-order valence-electron chi connectivity index (χ4n) is 3.41. The molecule has 25 heavy (non-hydrogen) atoms. The maximum atomic E-state index is 12.8. The Balaban J connectivity index is 1.73. The summed E-state index contributed by atoms with van der Waals surface area (Å²) in [5.74, 6) is -0.432. The third-order valence-electron chi connectivity index (χ3n) is 4.58. The van der Waals surface area contributed by atoms with Crippen LogP contribution < -0.4 is 10.1 Å². The Hall–Kier alpha value is -2.22. The molecule has 2 aliphatic rings. The van der Waals surface area contributed by atoms with Crippen molar-refractivity contribution in [2.45, 2.75) is 25.5 Å². The molecule has 0 spiro atoms. The number of nitrogens with zero attached hydrogens (tertiary/aromatic N) is 2. The van der Waals surface area contributed by atoms with Crippen molar-refractivity contribution in [1.82, 2.24) is 15.1 Å². The van der Waals surface area contributed by atoms with E-state index < -0.39 is 6.61 Å². The van der Waals surface area contributed by atoms with Crippen LogP contribution in [0.15, 0.2) is 24.3 Å². The summed E-state index contributed by atoms with van der Waals surface area (Å²) in [5.41, 5.74) is 0.120. The summed E-state index contributed by atoms with van der Waals surface area (Å²) in [4.78, 5) is 28.3. The second-order valence-corrected chi connectivity index (χ2v) is 6.19. The second-order valence-electron chi connectivity index (χ2n) is 6.19. The molecule has 2 heterocycles. The molecule has 0 saturated carbocycles. The van der Waals surface area contributed by atoms with Crippen molar-refractivity contribution < 1.29 is 23.1 Å². The minimum atomic E-state index is -2.98. The van der Waals surface area contributed by atoms with Crippen LogP contribution in [-0.2, 0) is 4.79 Å². The van der Waals surface area contributed by atoms with E-state index in [1.165, 1.54) is 12.1 Å². The molecule has 1 N–H and O–H groups in total. The zero-order valence-corrected chi connectivity index (χ0v) is 13.8. The quantitative estimate of drug-likeness (QED) is 0.887. The first-order valence-electron chi connectivity index (χ1n) is 8.39. The van der Waals surface area contributed by atoms with E-state index in [1.54, 1.807) is 17.0 Å². The summed E-state index contributed by atoms with van der Waals surface area (Å²) < 4.78 is 29.6. The van der Waals surface area contributed by atoms with Crippen LogP contribution in [0.25, 0.3) is 0 Å². The molecular formula is C17H21F2N3O3. The molecule has 0 radical (unpaired) electrons. The Morgan fingerprint density at radius 3 is 2.84 bits per heavy atom. The van der Waals surface area contributed by atoms with Crippen molar-refractivity contribution in [1.29, 1.82) is 0 Å². The first-order chi connectivity index (χ1) is 12.1. The lowest BCUT2D eigenvalue weighted by Crippen LogP contribution is -2.57. The van der Waals surface area contributed by atoms with Gasteiger partial charge in [0.05, 0.1) is 12.1 Å². The minimum Gasteiger partial charge on any atom is -0.434 e. The highest BCUT2D eigenvalue weighted by atomic mass is 19.3. The molecule has 0 aliphatic carbocycles.